The zero-order valence-electron chi connectivity index (χ0n) is 10.1. The van der Waals surface area contributed by atoms with Crippen LogP contribution >= 0.6 is 0 Å². The van der Waals surface area contributed by atoms with Crippen molar-refractivity contribution in [2.45, 2.75) is 20.8 Å². The summed E-state index contributed by atoms with van der Waals surface area (Å²) in [6, 6.07) is 0. The van der Waals surface area contributed by atoms with Gasteiger partial charge < -0.3 is 5.32 Å². The Balaban J connectivity index is 2.35. The highest BCUT2D eigenvalue weighted by atomic mass is 15.3. The largest absolute Gasteiger partial charge is 0.313 e. The zero-order valence-corrected chi connectivity index (χ0v) is 10.1. The van der Waals surface area contributed by atoms with Gasteiger partial charge in [-0.1, -0.05) is 26.0 Å². The minimum absolute atomic E-state index is 0.707. The molecule has 0 saturated carbocycles. The number of aryl methyl sites for hydroxylation is 1. The predicted molar refractivity (Wildman–Crippen MR) is 64.7 cm³/mol. The normalized spacial score (nSPS) is 11.8. The van der Waals surface area contributed by atoms with E-state index in [2.05, 4.69) is 43.3 Å². The molecule has 0 atom stereocenters. The lowest BCUT2D eigenvalue weighted by molar-refractivity contribution is 0.577. The zero-order chi connectivity index (χ0) is 11.3. The van der Waals surface area contributed by atoms with Gasteiger partial charge in [0.05, 0.1) is 6.20 Å². The van der Waals surface area contributed by atoms with E-state index in [9.17, 15) is 0 Å². The van der Waals surface area contributed by atoms with E-state index in [1.54, 1.807) is 0 Å². The highest BCUT2D eigenvalue weighted by molar-refractivity contribution is 5.50. The Morgan fingerprint density at radius 2 is 2.27 bits per heavy atom. The van der Waals surface area contributed by atoms with Crippen molar-refractivity contribution in [3.8, 4) is 0 Å². The lowest BCUT2D eigenvalue weighted by Crippen LogP contribution is -2.19. The van der Waals surface area contributed by atoms with Crippen LogP contribution in [-0.2, 0) is 7.05 Å². The molecule has 15 heavy (non-hydrogen) atoms. The molecule has 84 valence electrons. The van der Waals surface area contributed by atoms with Crippen LogP contribution < -0.4 is 5.32 Å². The summed E-state index contributed by atoms with van der Waals surface area (Å²) in [5.74, 6) is 0.707. The third-order valence-corrected chi connectivity index (χ3v) is 2.39. The maximum absolute atomic E-state index is 4.19. The second-order valence-electron chi connectivity index (χ2n) is 4.26. The maximum Gasteiger partial charge on any atom is 0.0564 e. The monoisotopic (exact) mass is 207 g/mol. The van der Waals surface area contributed by atoms with Crippen LogP contribution in [0.3, 0.4) is 0 Å². The summed E-state index contributed by atoms with van der Waals surface area (Å²) in [7, 11) is 1.96. The van der Waals surface area contributed by atoms with Crippen molar-refractivity contribution in [1.82, 2.24) is 15.1 Å². The Bertz CT molecular complexity index is 324. The average molecular weight is 207 g/mol. The molecule has 1 aromatic rings. The van der Waals surface area contributed by atoms with Crippen LogP contribution in [0, 0.1) is 12.8 Å². The summed E-state index contributed by atoms with van der Waals surface area (Å²) in [4.78, 5) is 0. The molecule has 0 saturated heterocycles. The van der Waals surface area contributed by atoms with E-state index in [4.69, 9.17) is 0 Å². The van der Waals surface area contributed by atoms with Gasteiger partial charge in [-0.25, -0.2) is 0 Å². The summed E-state index contributed by atoms with van der Waals surface area (Å²) in [6.45, 7) is 8.49. The highest BCUT2D eigenvalue weighted by Gasteiger charge is 1.98. The number of nitrogens with one attached hydrogen (secondary N) is 1. The molecular formula is C12H21N3. The third kappa shape index (κ3) is 3.88. The Morgan fingerprint density at radius 1 is 1.53 bits per heavy atom. The van der Waals surface area contributed by atoms with Crippen LogP contribution in [0.5, 0.6) is 0 Å². The molecule has 0 bridgehead atoms. The lowest BCUT2D eigenvalue weighted by atomic mass is 10.2. The van der Waals surface area contributed by atoms with Gasteiger partial charge in [-0.15, -0.1) is 0 Å². The van der Waals surface area contributed by atoms with Crippen molar-refractivity contribution < 1.29 is 0 Å². The molecule has 1 rings (SSSR count). The van der Waals surface area contributed by atoms with Crippen LogP contribution in [0.4, 0.5) is 0 Å². The molecule has 0 spiro atoms. The van der Waals surface area contributed by atoms with Crippen LogP contribution in [0.2, 0.25) is 0 Å². The number of aromatic nitrogens is 2. The van der Waals surface area contributed by atoms with Crippen LogP contribution in [0.1, 0.15) is 25.1 Å². The van der Waals surface area contributed by atoms with E-state index in [0.29, 0.717) is 5.92 Å². The minimum atomic E-state index is 0.707. The quantitative estimate of drug-likeness (QED) is 0.748. The standard InChI is InChI=1S/C12H21N3/c1-10(2)8-13-7-5-6-12-9-14-15(4)11(12)3/h5-6,9-10,13H,7-8H2,1-4H3. The van der Waals surface area contributed by atoms with Gasteiger partial charge in [-0.2, -0.15) is 5.10 Å². The number of rotatable bonds is 5. The van der Waals surface area contributed by atoms with Crippen molar-refractivity contribution in [2.24, 2.45) is 13.0 Å². The van der Waals surface area contributed by atoms with Gasteiger partial charge in [0.2, 0.25) is 0 Å². The van der Waals surface area contributed by atoms with E-state index in [1.165, 1.54) is 11.3 Å². The van der Waals surface area contributed by atoms with Crippen LogP contribution in [-0.4, -0.2) is 22.9 Å². The summed E-state index contributed by atoms with van der Waals surface area (Å²) in [6.07, 6.45) is 6.16. The van der Waals surface area contributed by atoms with Gasteiger partial charge in [0.25, 0.3) is 0 Å². The van der Waals surface area contributed by atoms with Crippen molar-refractivity contribution in [2.75, 3.05) is 13.1 Å². The molecule has 3 nitrogen and oxygen atoms in total. The first-order chi connectivity index (χ1) is 7.11. The van der Waals surface area contributed by atoms with Gasteiger partial charge in [0.15, 0.2) is 0 Å². The smallest absolute Gasteiger partial charge is 0.0564 e. The Kier molecular flexibility index (Phi) is 4.56. The van der Waals surface area contributed by atoms with Gasteiger partial charge in [-0.05, 0) is 19.4 Å². The molecule has 0 aliphatic heterocycles. The minimum Gasteiger partial charge on any atom is -0.313 e. The fraction of sp³-hybridized carbons (Fsp3) is 0.583. The first-order valence-electron chi connectivity index (χ1n) is 5.47. The molecular weight excluding hydrogens is 186 g/mol. The fourth-order valence-electron chi connectivity index (χ4n) is 1.32. The third-order valence-electron chi connectivity index (χ3n) is 2.39. The molecule has 1 N–H and O–H groups in total. The molecule has 0 amide bonds. The Hall–Kier alpha value is -1.09. The van der Waals surface area contributed by atoms with Gasteiger partial charge in [0, 0.05) is 24.8 Å². The Labute approximate surface area is 92.2 Å². The van der Waals surface area contributed by atoms with Crippen LogP contribution in [0.25, 0.3) is 6.08 Å². The van der Waals surface area contributed by atoms with Crippen LogP contribution in [0.15, 0.2) is 12.3 Å². The molecule has 0 aromatic carbocycles. The van der Waals surface area contributed by atoms with Crippen molar-refractivity contribution >= 4 is 6.08 Å². The van der Waals surface area contributed by atoms with Gasteiger partial charge in [-0.3, -0.25) is 4.68 Å². The number of hydrogen-bond acceptors (Lipinski definition) is 2. The first kappa shape index (κ1) is 12.0. The van der Waals surface area contributed by atoms with Crippen molar-refractivity contribution in [1.29, 1.82) is 0 Å². The van der Waals surface area contributed by atoms with Gasteiger partial charge >= 0.3 is 0 Å². The lowest BCUT2D eigenvalue weighted by Gasteiger charge is -2.03. The fourth-order valence-corrected chi connectivity index (χ4v) is 1.32. The molecule has 0 aliphatic rings. The van der Waals surface area contributed by atoms with E-state index in [0.717, 1.165) is 13.1 Å². The molecule has 0 radical (unpaired) electrons. The molecule has 0 fully saturated rings. The molecule has 0 unspecified atom stereocenters. The van der Waals surface area contributed by atoms with Gasteiger partial charge in [0.1, 0.15) is 0 Å². The van der Waals surface area contributed by atoms with E-state index in [1.807, 2.05) is 17.9 Å². The van der Waals surface area contributed by atoms with E-state index >= 15 is 0 Å². The number of hydrogen-bond donors (Lipinski definition) is 1. The summed E-state index contributed by atoms with van der Waals surface area (Å²) < 4.78 is 1.89. The maximum atomic E-state index is 4.19. The van der Waals surface area contributed by atoms with Crippen molar-refractivity contribution in [3.05, 3.63) is 23.5 Å². The summed E-state index contributed by atoms with van der Waals surface area (Å²) in [5, 5.41) is 7.56. The summed E-state index contributed by atoms with van der Waals surface area (Å²) in [5.41, 5.74) is 2.40. The topological polar surface area (TPSA) is 29.9 Å². The molecule has 0 aliphatic carbocycles. The SMILES string of the molecule is Cc1c(C=CCNCC(C)C)cnn1C. The second-order valence-corrected chi connectivity index (χ2v) is 4.26. The first-order valence-corrected chi connectivity index (χ1v) is 5.47. The molecule has 1 aromatic heterocycles. The highest BCUT2D eigenvalue weighted by Crippen LogP contribution is 2.06. The second kappa shape index (κ2) is 5.71. The number of nitrogens with zero attached hydrogens (tertiary/aromatic N) is 2. The van der Waals surface area contributed by atoms with E-state index in [-0.39, 0.29) is 0 Å². The average Bonchev–Trinajstić information content (AvgIpc) is 2.48. The molecule has 3 heteroatoms. The van der Waals surface area contributed by atoms with Crippen molar-refractivity contribution in [3.63, 3.8) is 0 Å². The molecule has 1 heterocycles. The summed E-state index contributed by atoms with van der Waals surface area (Å²) >= 11 is 0. The predicted octanol–water partition coefficient (Wildman–Crippen LogP) is 1.99. The van der Waals surface area contributed by atoms with E-state index < -0.39 is 0 Å². The Morgan fingerprint density at radius 3 is 2.80 bits per heavy atom.